The Morgan fingerprint density at radius 3 is 2.67 bits per heavy atom. The minimum Gasteiger partial charge on any atom is -0.475 e. The molecule has 1 aromatic heterocycles. The van der Waals surface area contributed by atoms with E-state index < -0.39 is 5.97 Å². The van der Waals surface area contributed by atoms with E-state index in [1.54, 1.807) is 0 Å². The second-order valence-electron chi connectivity index (χ2n) is 5.30. The molecule has 3 rings (SSSR count). The van der Waals surface area contributed by atoms with Gasteiger partial charge in [0.15, 0.2) is 0 Å². The van der Waals surface area contributed by atoms with Crippen LogP contribution in [0.5, 0.6) is 0 Å². The number of carboxylic acid groups (broad SMARTS) is 1. The highest BCUT2D eigenvalue weighted by Gasteiger charge is 2.33. The lowest BCUT2D eigenvalue weighted by Gasteiger charge is -2.05. The standard InChI is InChI=1S/C15H16O3/c1-8(2)10-4-3-5-11-12(9-6-7-9)14(15(16)17)18-13(10)11/h3-5,8-9H,6-7H2,1-2H3,(H,16,17). The van der Waals surface area contributed by atoms with Crippen LogP contribution in [0.2, 0.25) is 0 Å². The van der Waals surface area contributed by atoms with Crippen LogP contribution in [0.25, 0.3) is 11.0 Å². The normalized spacial score (nSPS) is 15.5. The summed E-state index contributed by atoms with van der Waals surface area (Å²) in [5, 5.41) is 10.3. The second kappa shape index (κ2) is 3.87. The van der Waals surface area contributed by atoms with Crippen molar-refractivity contribution in [2.75, 3.05) is 0 Å². The van der Waals surface area contributed by atoms with E-state index in [0.717, 1.165) is 34.9 Å². The molecular formula is C15H16O3. The molecule has 2 aromatic rings. The van der Waals surface area contributed by atoms with Crippen LogP contribution in [0.4, 0.5) is 0 Å². The number of hydrogen-bond donors (Lipinski definition) is 1. The molecule has 0 radical (unpaired) electrons. The molecule has 0 aliphatic heterocycles. The third-order valence-corrected chi connectivity index (χ3v) is 3.59. The quantitative estimate of drug-likeness (QED) is 0.883. The smallest absolute Gasteiger partial charge is 0.372 e. The second-order valence-corrected chi connectivity index (χ2v) is 5.30. The average molecular weight is 244 g/mol. The number of carboxylic acids is 1. The largest absolute Gasteiger partial charge is 0.475 e. The fraction of sp³-hybridized carbons (Fsp3) is 0.400. The van der Waals surface area contributed by atoms with Gasteiger partial charge < -0.3 is 9.52 Å². The van der Waals surface area contributed by atoms with Crippen LogP contribution >= 0.6 is 0 Å². The predicted molar refractivity (Wildman–Crippen MR) is 69.2 cm³/mol. The summed E-state index contributed by atoms with van der Waals surface area (Å²) >= 11 is 0. The van der Waals surface area contributed by atoms with E-state index in [1.807, 2.05) is 18.2 Å². The van der Waals surface area contributed by atoms with Crippen LogP contribution in [0.3, 0.4) is 0 Å². The topological polar surface area (TPSA) is 50.4 Å². The molecule has 1 fully saturated rings. The molecule has 1 aromatic carbocycles. The molecule has 0 atom stereocenters. The summed E-state index contributed by atoms with van der Waals surface area (Å²) in [6.07, 6.45) is 2.14. The number of para-hydroxylation sites is 1. The van der Waals surface area contributed by atoms with E-state index >= 15 is 0 Å². The summed E-state index contributed by atoms with van der Waals surface area (Å²) in [4.78, 5) is 11.3. The Hall–Kier alpha value is -1.77. The van der Waals surface area contributed by atoms with Crippen molar-refractivity contribution in [1.29, 1.82) is 0 Å². The Kier molecular flexibility index (Phi) is 2.44. The minimum atomic E-state index is -0.956. The molecule has 0 saturated heterocycles. The number of rotatable bonds is 3. The van der Waals surface area contributed by atoms with Crippen molar-refractivity contribution < 1.29 is 14.3 Å². The minimum absolute atomic E-state index is 0.139. The summed E-state index contributed by atoms with van der Waals surface area (Å²) in [6, 6.07) is 5.98. The fourth-order valence-electron chi connectivity index (χ4n) is 2.55. The fourth-order valence-corrected chi connectivity index (χ4v) is 2.55. The molecule has 0 unspecified atom stereocenters. The van der Waals surface area contributed by atoms with E-state index in [4.69, 9.17) is 4.42 Å². The molecule has 1 saturated carbocycles. The van der Waals surface area contributed by atoms with Crippen LogP contribution in [0, 0.1) is 0 Å². The highest BCUT2D eigenvalue weighted by Crippen LogP contribution is 2.47. The molecule has 0 spiro atoms. The first-order valence-electron chi connectivity index (χ1n) is 6.38. The number of aromatic carboxylic acids is 1. The van der Waals surface area contributed by atoms with Crippen molar-refractivity contribution >= 4 is 16.9 Å². The molecule has 0 amide bonds. The Morgan fingerprint density at radius 1 is 1.39 bits per heavy atom. The van der Waals surface area contributed by atoms with Crippen molar-refractivity contribution in [3.63, 3.8) is 0 Å². The Balaban J connectivity index is 2.32. The van der Waals surface area contributed by atoms with Gasteiger partial charge in [-0.25, -0.2) is 4.79 Å². The Labute approximate surface area is 105 Å². The van der Waals surface area contributed by atoms with E-state index in [2.05, 4.69) is 13.8 Å². The SMILES string of the molecule is CC(C)c1cccc2c(C3CC3)c(C(=O)O)oc12. The average Bonchev–Trinajstić information content (AvgIpc) is 3.07. The molecule has 1 aliphatic carbocycles. The van der Waals surface area contributed by atoms with Gasteiger partial charge in [0.1, 0.15) is 5.58 Å². The Bertz CT molecular complexity index is 618. The predicted octanol–water partition coefficient (Wildman–Crippen LogP) is 4.13. The molecule has 3 heteroatoms. The number of fused-ring (bicyclic) bond motifs is 1. The van der Waals surface area contributed by atoms with E-state index in [-0.39, 0.29) is 5.76 Å². The maximum atomic E-state index is 11.3. The van der Waals surface area contributed by atoms with Crippen molar-refractivity contribution in [2.24, 2.45) is 0 Å². The van der Waals surface area contributed by atoms with Gasteiger partial charge in [0, 0.05) is 10.9 Å². The van der Waals surface area contributed by atoms with Gasteiger partial charge in [0.25, 0.3) is 0 Å². The van der Waals surface area contributed by atoms with E-state index in [0.29, 0.717) is 11.8 Å². The number of hydrogen-bond acceptors (Lipinski definition) is 2. The van der Waals surface area contributed by atoms with Crippen molar-refractivity contribution in [2.45, 2.75) is 38.5 Å². The van der Waals surface area contributed by atoms with Gasteiger partial charge in [-0.3, -0.25) is 0 Å². The van der Waals surface area contributed by atoms with Crippen molar-refractivity contribution in [3.05, 3.63) is 35.1 Å². The van der Waals surface area contributed by atoms with Crippen molar-refractivity contribution in [3.8, 4) is 0 Å². The highest BCUT2D eigenvalue weighted by atomic mass is 16.4. The molecular weight excluding hydrogens is 228 g/mol. The zero-order chi connectivity index (χ0) is 12.9. The van der Waals surface area contributed by atoms with Crippen LogP contribution in [0.15, 0.2) is 22.6 Å². The van der Waals surface area contributed by atoms with Crippen LogP contribution in [-0.4, -0.2) is 11.1 Å². The number of carbonyl (C=O) groups is 1. The van der Waals surface area contributed by atoms with Gasteiger partial charge in [-0.05, 0) is 30.2 Å². The van der Waals surface area contributed by atoms with Gasteiger partial charge in [-0.15, -0.1) is 0 Å². The van der Waals surface area contributed by atoms with Gasteiger partial charge in [-0.2, -0.15) is 0 Å². The van der Waals surface area contributed by atoms with Gasteiger partial charge >= 0.3 is 5.97 Å². The zero-order valence-electron chi connectivity index (χ0n) is 10.6. The maximum absolute atomic E-state index is 11.3. The van der Waals surface area contributed by atoms with E-state index in [1.165, 1.54) is 0 Å². The lowest BCUT2D eigenvalue weighted by molar-refractivity contribution is 0.0663. The number of furan rings is 1. The molecule has 1 aliphatic rings. The molecule has 18 heavy (non-hydrogen) atoms. The first kappa shape index (κ1) is 11.3. The first-order chi connectivity index (χ1) is 8.59. The van der Waals surface area contributed by atoms with Gasteiger partial charge in [0.05, 0.1) is 0 Å². The first-order valence-corrected chi connectivity index (χ1v) is 6.38. The maximum Gasteiger partial charge on any atom is 0.372 e. The summed E-state index contributed by atoms with van der Waals surface area (Å²) in [6.45, 7) is 4.18. The lowest BCUT2D eigenvalue weighted by atomic mass is 9.98. The number of benzene rings is 1. The summed E-state index contributed by atoms with van der Waals surface area (Å²) in [5.41, 5.74) is 2.74. The summed E-state index contributed by atoms with van der Waals surface area (Å²) < 4.78 is 5.65. The van der Waals surface area contributed by atoms with Crippen molar-refractivity contribution in [1.82, 2.24) is 0 Å². The van der Waals surface area contributed by atoms with Crippen LogP contribution in [-0.2, 0) is 0 Å². The highest BCUT2D eigenvalue weighted by molar-refractivity contribution is 5.97. The molecule has 1 N–H and O–H groups in total. The molecule has 1 heterocycles. The van der Waals surface area contributed by atoms with Gasteiger partial charge in [-0.1, -0.05) is 32.0 Å². The third-order valence-electron chi connectivity index (χ3n) is 3.59. The van der Waals surface area contributed by atoms with Crippen LogP contribution in [0.1, 0.15) is 60.2 Å². The lowest BCUT2D eigenvalue weighted by Crippen LogP contribution is -1.97. The Morgan fingerprint density at radius 2 is 2.11 bits per heavy atom. The molecule has 94 valence electrons. The molecule has 0 bridgehead atoms. The summed E-state index contributed by atoms with van der Waals surface area (Å²) in [5.74, 6) is -0.114. The van der Waals surface area contributed by atoms with E-state index in [9.17, 15) is 9.90 Å². The monoisotopic (exact) mass is 244 g/mol. The third kappa shape index (κ3) is 1.62. The van der Waals surface area contributed by atoms with Crippen LogP contribution < -0.4 is 0 Å². The molecule has 3 nitrogen and oxygen atoms in total. The summed E-state index contributed by atoms with van der Waals surface area (Å²) in [7, 11) is 0. The van der Waals surface area contributed by atoms with Gasteiger partial charge in [0.2, 0.25) is 5.76 Å². The zero-order valence-corrected chi connectivity index (χ0v) is 10.6.